The van der Waals surface area contributed by atoms with Crippen LogP contribution in [0.4, 0.5) is 5.82 Å². The number of hydrogen-bond donors (Lipinski definition) is 1. The molecular formula is C19H22N6OS. The Bertz CT molecular complexity index is 966. The van der Waals surface area contributed by atoms with Gasteiger partial charge in [-0.15, -0.1) is 11.3 Å². The molecule has 8 heteroatoms. The highest BCUT2D eigenvalue weighted by Crippen LogP contribution is 2.33. The summed E-state index contributed by atoms with van der Waals surface area (Å²) in [5.74, 6) is 1.91. The maximum Gasteiger partial charge on any atom is 0.254 e. The van der Waals surface area contributed by atoms with Gasteiger partial charge in [0.15, 0.2) is 0 Å². The third-order valence-electron chi connectivity index (χ3n) is 5.53. The van der Waals surface area contributed by atoms with Crippen LogP contribution < -0.4 is 10.2 Å². The second kappa shape index (κ2) is 6.92. The summed E-state index contributed by atoms with van der Waals surface area (Å²) in [6.07, 6.45) is 6.66. The number of carbonyl (C=O) groups is 1. The average molecular weight is 382 g/mol. The molecule has 0 spiro atoms. The van der Waals surface area contributed by atoms with Gasteiger partial charge in [0.05, 0.1) is 18.2 Å². The lowest BCUT2D eigenvalue weighted by atomic mass is 9.96. The van der Waals surface area contributed by atoms with Crippen LogP contribution in [-0.4, -0.2) is 38.6 Å². The summed E-state index contributed by atoms with van der Waals surface area (Å²) in [6.45, 7) is 2.28. The van der Waals surface area contributed by atoms with E-state index in [1.54, 1.807) is 17.7 Å². The summed E-state index contributed by atoms with van der Waals surface area (Å²) in [5, 5.41) is 9.56. The van der Waals surface area contributed by atoms with Crippen molar-refractivity contribution in [3.05, 3.63) is 40.0 Å². The number of aryl methyl sites for hydroxylation is 1. The molecule has 0 saturated carbocycles. The molecule has 1 aliphatic heterocycles. The van der Waals surface area contributed by atoms with Gasteiger partial charge >= 0.3 is 0 Å². The zero-order valence-corrected chi connectivity index (χ0v) is 15.9. The van der Waals surface area contributed by atoms with Crippen LogP contribution in [0.3, 0.4) is 0 Å². The molecule has 0 radical (unpaired) electrons. The molecule has 1 amide bonds. The largest absolute Gasteiger partial charge is 0.355 e. The zero-order chi connectivity index (χ0) is 18.2. The highest BCUT2D eigenvalue weighted by molar-refractivity contribution is 7.09. The number of fused-ring (bicyclic) bond motifs is 2. The fourth-order valence-electron chi connectivity index (χ4n) is 4.24. The number of nitrogens with zero attached hydrogens (tertiary/aromatic N) is 5. The van der Waals surface area contributed by atoms with E-state index in [1.165, 1.54) is 10.4 Å². The topological polar surface area (TPSA) is 75.4 Å². The Morgan fingerprint density at radius 1 is 1.33 bits per heavy atom. The van der Waals surface area contributed by atoms with Gasteiger partial charge in [0.25, 0.3) is 5.78 Å². The van der Waals surface area contributed by atoms with Crippen molar-refractivity contribution in [2.45, 2.75) is 38.6 Å². The van der Waals surface area contributed by atoms with Crippen molar-refractivity contribution in [2.75, 3.05) is 18.0 Å². The van der Waals surface area contributed by atoms with Gasteiger partial charge in [-0.1, -0.05) is 6.07 Å². The van der Waals surface area contributed by atoms with Crippen molar-refractivity contribution in [3.63, 3.8) is 0 Å². The van der Waals surface area contributed by atoms with Crippen LogP contribution in [0, 0.1) is 5.92 Å². The van der Waals surface area contributed by atoms with Gasteiger partial charge in [0, 0.05) is 23.5 Å². The van der Waals surface area contributed by atoms with E-state index in [4.69, 9.17) is 0 Å². The highest BCUT2D eigenvalue weighted by Gasteiger charge is 2.31. The van der Waals surface area contributed by atoms with E-state index in [0.717, 1.165) is 56.7 Å². The van der Waals surface area contributed by atoms with Crippen LogP contribution in [0.25, 0.3) is 5.78 Å². The fourth-order valence-corrected chi connectivity index (χ4v) is 4.89. The summed E-state index contributed by atoms with van der Waals surface area (Å²) in [4.78, 5) is 25.2. The smallest absolute Gasteiger partial charge is 0.254 e. The Kier molecular flexibility index (Phi) is 4.27. The van der Waals surface area contributed by atoms with Gasteiger partial charge in [-0.05, 0) is 43.6 Å². The SMILES string of the molecule is O=C(NCc1cccs1)[C@@H]1CCCN(c2c3c(nc4ncnn24)CCC3)C1. The second-order valence-corrected chi connectivity index (χ2v) is 8.30. The van der Waals surface area contributed by atoms with Crippen LogP contribution in [0.15, 0.2) is 23.8 Å². The van der Waals surface area contributed by atoms with Crippen molar-refractivity contribution in [2.24, 2.45) is 5.92 Å². The van der Waals surface area contributed by atoms with E-state index in [2.05, 4.69) is 31.3 Å². The van der Waals surface area contributed by atoms with Gasteiger partial charge in [-0.2, -0.15) is 14.6 Å². The molecule has 0 unspecified atom stereocenters. The van der Waals surface area contributed by atoms with Crippen molar-refractivity contribution in [1.82, 2.24) is 24.9 Å². The third kappa shape index (κ3) is 3.07. The molecule has 2 aliphatic rings. The van der Waals surface area contributed by atoms with Crippen molar-refractivity contribution < 1.29 is 4.79 Å². The number of amides is 1. The maximum atomic E-state index is 12.7. The highest BCUT2D eigenvalue weighted by atomic mass is 32.1. The summed E-state index contributed by atoms with van der Waals surface area (Å²) >= 11 is 1.67. The monoisotopic (exact) mass is 382 g/mol. The molecule has 140 valence electrons. The molecule has 1 fully saturated rings. The Labute approximate surface area is 161 Å². The number of anilines is 1. The van der Waals surface area contributed by atoms with Crippen LogP contribution in [-0.2, 0) is 24.2 Å². The first-order chi connectivity index (χ1) is 13.3. The molecule has 3 aromatic rings. The van der Waals surface area contributed by atoms with Crippen molar-refractivity contribution in [1.29, 1.82) is 0 Å². The fraction of sp³-hybridized carbons (Fsp3) is 0.474. The molecule has 3 aromatic heterocycles. The summed E-state index contributed by atoms with van der Waals surface area (Å²) < 4.78 is 1.86. The quantitative estimate of drug-likeness (QED) is 0.749. The molecule has 1 saturated heterocycles. The normalized spacial score (nSPS) is 19.4. The number of piperidine rings is 1. The molecule has 7 nitrogen and oxygen atoms in total. The molecule has 0 aromatic carbocycles. The first kappa shape index (κ1) is 16.7. The third-order valence-corrected chi connectivity index (χ3v) is 6.41. The minimum atomic E-state index is 0.00232. The molecule has 1 N–H and O–H groups in total. The van der Waals surface area contributed by atoms with Gasteiger partial charge in [-0.25, -0.2) is 4.98 Å². The van der Waals surface area contributed by atoms with E-state index in [0.29, 0.717) is 12.3 Å². The lowest BCUT2D eigenvalue weighted by Crippen LogP contribution is -2.44. The standard InChI is InChI=1S/C19H22N6OS/c26-17(20-10-14-5-3-9-27-14)13-4-2-8-24(11-13)18-15-6-1-7-16(15)23-19-21-12-22-25(18)19/h3,5,9,12-13H,1-2,4,6-8,10-11H2,(H,20,26)/t13-/m1/s1. The first-order valence-electron chi connectivity index (χ1n) is 9.56. The molecule has 4 heterocycles. The average Bonchev–Trinajstić information content (AvgIpc) is 3.45. The van der Waals surface area contributed by atoms with Crippen LogP contribution in [0.1, 0.15) is 35.4 Å². The minimum absolute atomic E-state index is 0.00232. The van der Waals surface area contributed by atoms with E-state index in [1.807, 2.05) is 16.0 Å². The predicted molar refractivity (Wildman–Crippen MR) is 104 cm³/mol. The lowest BCUT2D eigenvalue weighted by Gasteiger charge is -2.34. The minimum Gasteiger partial charge on any atom is -0.355 e. The van der Waals surface area contributed by atoms with Crippen LogP contribution in [0.2, 0.25) is 0 Å². The van der Waals surface area contributed by atoms with Crippen molar-refractivity contribution >= 4 is 28.8 Å². The number of carbonyl (C=O) groups excluding carboxylic acids is 1. The van der Waals surface area contributed by atoms with E-state index in [9.17, 15) is 4.79 Å². The summed E-state index contributed by atoms with van der Waals surface area (Å²) in [5.41, 5.74) is 2.43. The molecule has 27 heavy (non-hydrogen) atoms. The number of rotatable bonds is 4. The van der Waals surface area contributed by atoms with E-state index >= 15 is 0 Å². The predicted octanol–water partition coefficient (Wildman–Crippen LogP) is 2.21. The molecule has 1 atom stereocenters. The van der Waals surface area contributed by atoms with Crippen molar-refractivity contribution in [3.8, 4) is 0 Å². The zero-order valence-electron chi connectivity index (χ0n) is 15.1. The number of thiophene rings is 1. The van der Waals surface area contributed by atoms with E-state index in [-0.39, 0.29) is 11.8 Å². The van der Waals surface area contributed by atoms with Gasteiger partial charge in [0.2, 0.25) is 5.91 Å². The molecule has 1 aliphatic carbocycles. The Morgan fingerprint density at radius 3 is 3.19 bits per heavy atom. The van der Waals surface area contributed by atoms with Crippen LogP contribution in [0.5, 0.6) is 0 Å². The van der Waals surface area contributed by atoms with E-state index < -0.39 is 0 Å². The maximum absolute atomic E-state index is 12.7. The summed E-state index contributed by atoms with van der Waals surface area (Å²) in [6, 6.07) is 4.07. The van der Waals surface area contributed by atoms with Crippen LogP contribution >= 0.6 is 11.3 Å². The summed E-state index contributed by atoms with van der Waals surface area (Å²) in [7, 11) is 0. The molecule has 5 rings (SSSR count). The number of hydrogen-bond acceptors (Lipinski definition) is 6. The number of nitrogens with one attached hydrogen (secondary N) is 1. The van der Waals surface area contributed by atoms with Gasteiger partial charge < -0.3 is 10.2 Å². The molecular weight excluding hydrogens is 360 g/mol. The molecule has 0 bridgehead atoms. The Morgan fingerprint density at radius 2 is 2.30 bits per heavy atom. The number of aromatic nitrogens is 4. The Hall–Kier alpha value is -2.48. The second-order valence-electron chi connectivity index (χ2n) is 7.27. The first-order valence-corrected chi connectivity index (χ1v) is 10.4. The van der Waals surface area contributed by atoms with Gasteiger partial charge in [-0.3, -0.25) is 4.79 Å². The van der Waals surface area contributed by atoms with Gasteiger partial charge in [0.1, 0.15) is 12.1 Å². The Balaban J connectivity index is 1.38. The lowest BCUT2D eigenvalue weighted by molar-refractivity contribution is -0.125.